The molecule has 0 aromatic heterocycles. The van der Waals surface area contributed by atoms with Crippen molar-refractivity contribution in [2.45, 2.75) is 44.9 Å². The lowest BCUT2D eigenvalue weighted by atomic mass is 9.98. The molecule has 8 nitrogen and oxygen atoms in total. The molecular formula is C26H30N2O6. The molecule has 0 saturated carbocycles. The Balaban J connectivity index is 1.45. The normalized spacial score (nSPS) is 20.4. The van der Waals surface area contributed by atoms with Gasteiger partial charge in [-0.2, -0.15) is 0 Å². The Morgan fingerprint density at radius 1 is 1.09 bits per heavy atom. The summed E-state index contributed by atoms with van der Waals surface area (Å²) in [6, 6.07) is 14.1. The first-order chi connectivity index (χ1) is 16.3. The van der Waals surface area contributed by atoms with Crippen molar-refractivity contribution >= 4 is 18.0 Å². The van der Waals surface area contributed by atoms with Crippen molar-refractivity contribution in [2.24, 2.45) is 5.92 Å². The van der Waals surface area contributed by atoms with E-state index in [-0.39, 0.29) is 31.6 Å². The Labute approximate surface area is 198 Å². The van der Waals surface area contributed by atoms with E-state index >= 15 is 0 Å². The topological polar surface area (TPSA) is 105 Å². The lowest BCUT2D eigenvalue weighted by Gasteiger charge is -2.39. The highest BCUT2D eigenvalue weighted by atomic mass is 16.5. The van der Waals surface area contributed by atoms with Crippen molar-refractivity contribution in [1.29, 1.82) is 0 Å². The summed E-state index contributed by atoms with van der Waals surface area (Å²) in [5, 5.41) is 12.3. The van der Waals surface area contributed by atoms with Gasteiger partial charge in [-0.1, -0.05) is 62.4 Å². The van der Waals surface area contributed by atoms with Crippen LogP contribution in [0.4, 0.5) is 4.79 Å². The van der Waals surface area contributed by atoms with Crippen LogP contribution in [0.15, 0.2) is 48.5 Å². The molecule has 4 rings (SSSR count). The Bertz CT molecular complexity index is 1040. The lowest BCUT2D eigenvalue weighted by molar-refractivity contribution is -0.166. The third-order valence-electron chi connectivity index (χ3n) is 6.58. The van der Waals surface area contributed by atoms with Crippen LogP contribution in [0.1, 0.15) is 37.8 Å². The third kappa shape index (κ3) is 4.50. The maximum absolute atomic E-state index is 13.3. The van der Waals surface area contributed by atoms with Crippen LogP contribution in [0, 0.1) is 5.92 Å². The van der Waals surface area contributed by atoms with Gasteiger partial charge < -0.3 is 24.8 Å². The zero-order chi connectivity index (χ0) is 24.4. The summed E-state index contributed by atoms with van der Waals surface area (Å²) in [6.45, 7) is 5.74. The number of morpholine rings is 1. The number of benzene rings is 2. The van der Waals surface area contributed by atoms with Crippen LogP contribution in [0.3, 0.4) is 0 Å². The largest absolute Gasteiger partial charge is 0.480 e. The highest BCUT2D eigenvalue weighted by Gasteiger charge is 2.41. The second-order valence-corrected chi connectivity index (χ2v) is 9.08. The summed E-state index contributed by atoms with van der Waals surface area (Å²) in [5.41, 5.74) is 4.45. The molecule has 2 amide bonds. The van der Waals surface area contributed by atoms with E-state index in [4.69, 9.17) is 9.47 Å². The van der Waals surface area contributed by atoms with E-state index < -0.39 is 36.2 Å². The van der Waals surface area contributed by atoms with E-state index in [0.717, 1.165) is 22.3 Å². The number of carboxylic acid groups (broad SMARTS) is 1. The number of alkyl carbamates (subject to hydrolysis) is 1. The molecule has 3 atom stereocenters. The maximum atomic E-state index is 13.3. The van der Waals surface area contributed by atoms with E-state index in [1.807, 2.05) is 36.4 Å². The van der Waals surface area contributed by atoms with E-state index in [2.05, 4.69) is 17.4 Å². The van der Waals surface area contributed by atoms with Crippen LogP contribution < -0.4 is 5.32 Å². The molecular weight excluding hydrogens is 436 g/mol. The number of ether oxygens (including phenoxy) is 2. The number of carbonyl (C=O) groups excluding carboxylic acids is 2. The summed E-state index contributed by atoms with van der Waals surface area (Å²) >= 11 is 0. The maximum Gasteiger partial charge on any atom is 0.407 e. The average molecular weight is 467 g/mol. The van der Waals surface area contributed by atoms with Crippen molar-refractivity contribution in [3.8, 4) is 11.1 Å². The van der Waals surface area contributed by atoms with Crippen LogP contribution in [0.25, 0.3) is 11.1 Å². The van der Waals surface area contributed by atoms with Gasteiger partial charge in [-0.05, 0) is 35.1 Å². The van der Waals surface area contributed by atoms with Crippen LogP contribution in [-0.2, 0) is 19.1 Å². The van der Waals surface area contributed by atoms with Gasteiger partial charge in [0.25, 0.3) is 0 Å². The number of carboxylic acids is 1. The number of amides is 2. The molecule has 8 heteroatoms. The van der Waals surface area contributed by atoms with Gasteiger partial charge in [0.1, 0.15) is 12.6 Å². The standard InChI is InChI=1S/C26H30N2O6/c1-15(2)22(24(29)28-12-13-33-16(3)23(28)25(30)31)27-26(32)34-14-21-19-10-6-4-8-17(19)18-9-5-7-11-20(18)21/h4-11,15-16,21-23H,12-14H2,1-3H3,(H,27,32)(H,30,31)/t16?,22-,23?/m0/s1. The van der Waals surface area contributed by atoms with Gasteiger partial charge in [0.05, 0.1) is 12.7 Å². The summed E-state index contributed by atoms with van der Waals surface area (Å²) in [4.78, 5) is 39.1. The van der Waals surface area contributed by atoms with Gasteiger partial charge >= 0.3 is 12.1 Å². The predicted octanol–water partition coefficient (Wildman–Crippen LogP) is 3.25. The third-order valence-corrected chi connectivity index (χ3v) is 6.58. The number of hydrogen-bond donors (Lipinski definition) is 2. The summed E-state index contributed by atoms with van der Waals surface area (Å²) in [6.07, 6.45) is -1.35. The monoisotopic (exact) mass is 466 g/mol. The average Bonchev–Trinajstić information content (AvgIpc) is 3.14. The van der Waals surface area contributed by atoms with E-state index in [0.29, 0.717) is 0 Å². The minimum Gasteiger partial charge on any atom is -0.480 e. The Morgan fingerprint density at radius 3 is 2.24 bits per heavy atom. The number of nitrogens with one attached hydrogen (secondary N) is 1. The smallest absolute Gasteiger partial charge is 0.407 e. The van der Waals surface area contributed by atoms with Gasteiger partial charge in [0.2, 0.25) is 5.91 Å². The van der Waals surface area contributed by atoms with Crippen molar-refractivity contribution in [1.82, 2.24) is 10.2 Å². The molecule has 34 heavy (non-hydrogen) atoms. The molecule has 1 aliphatic carbocycles. The zero-order valence-corrected chi connectivity index (χ0v) is 19.6. The minimum absolute atomic E-state index is 0.0946. The van der Waals surface area contributed by atoms with Crippen molar-refractivity contribution < 1.29 is 29.0 Å². The van der Waals surface area contributed by atoms with E-state index in [1.165, 1.54) is 4.90 Å². The predicted molar refractivity (Wildman–Crippen MR) is 125 cm³/mol. The number of fused-ring (bicyclic) bond motifs is 3. The number of aliphatic carboxylic acids is 1. The van der Waals surface area contributed by atoms with Gasteiger partial charge in [-0.25, -0.2) is 9.59 Å². The highest BCUT2D eigenvalue weighted by Crippen LogP contribution is 2.44. The summed E-state index contributed by atoms with van der Waals surface area (Å²) in [7, 11) is 0. The zero-order valence-electron chi connectivity index (χ0n) is 19.6. The summed E-state index contributed by atoms with van der Waals surface area (Å²) in [5.74, 6) is -1.95. The quantitative estimate of drug-likeness (QED) is 0.677. The van der Waals surface area contributed by atoms with Crippen LogP contribution in [0.2, 0.25) is 0 Å². The molecule has 1 saturated heterocycles. The molecule has 2 unspecified atom stereocenters. The molecule has 180 valence electrons. The SMILES string of the molecule is CC1OCCN(C(=O)[C@@H](NC(=O)OCC2c3ccccc3-c3ccccc32)C(C)C)C1C(=O)O. The molecule has 0 bridgehead atoms. The first-order valence-electron chi connectivity index (χ1n) is 11.6. The second-order valence-electron chi connectivity index (χ2n) is 9.08. The van der Waals surface area contributed by atoms with Gasteiger partial charge in [-0.15, -0.1) is 0 Å². The first kappa shape index (κ1) is 23.8. The Kier molecular flexibility index (Phi) is 6.88. The highest BCUT2D eigenvalue weighted by molar-refractivity contribution is 5.90. The molecule has 0 radical (unpaired) electrons. The van der Waals surface area contributed by atoms with Crippen molar-refractivity contribution in [3.63, 3.8) is 0 Å². The van der Waals surface area contributed by atoms with E-state index in [1.54, 1.807) is 20.8 Å². The number of hydrogen-bond acceptors (Lipinski definition) is 5. The number of carbonyl (C=O) groups is 3. The molecule has 1 fully saturated rings. The Hall–Kier alpha value is -3.39. The second kappa shape index (κ2) is 9.85. The Morgan fingerprint density at radius 2 is 1.68 bits per heavy atom. The van der Waals surface area contributed by atoms with E-state index in [9.17, 15) is 19.5 Å². The van der Waals surface area contributed by atoms with Gasteiger partial charge in [-0.3, -0.25) is 4.79 Å². The van der Waals surface area contributed by atoms with Gasteiger partial charge in [0, 0.05) is 12.5 Å². The van der Waals surface area contributed by atoms with Crippen LogP contribution in [-0.4, -0.2) is 65.9 Å². The molecule has 2 aliphatic rings. The molecule has 2 aromatic carbocycles. The molecule has 1 aliphatic heterocycles. The lowest BCUT2D eigenvalue weighted by Crippen LogP contribution is -2.61. The van der Waals surface area contributed by atoms with Crippen molar-refractivity contribution in [3.05, 3.63) is 59.7 Å². The fraction of sp³-hybridized carbons (Fsp3) is 0.423. The molecule has 1 heterocycles. The molecule has 2 aromatic rings. The summed E-state index contributed by atoms with van der Waals surface area (Å²) < 4.78 is 11.0. The van der Waals surface area contributed by atoms with Gasteiger partial charge in [0.15, 0.2) is 6.04 Å². The fourth-order valence-electron chi connectivity index (χ4n) is 4.86. The van der Waals surface area contributed by atoms with Crippen LogP contribution in [0.5, 0.6) is 0 Å². The minimum atomic E-state index is -1.14. The molecule has 2 N–H and O–H groups in total. The van der Waals surface area contributed by atoms with Crippen LogP contribution >= 0.6 is 0 Å². The fourth-order valence-corrected chi connectivity index (χ4v) is 4.86. The number of nitrogens with zero attached hydrogens (tertiary/aromatic N) is 1. The number of rotatable bonds is 6. The first-order valence-corrected chi connectivity index (χ1v) is 11.6. The molecule has 0 spiro atoms. The van der Waals surface area contributed by atoms with Crippen molar-refractivity contribution in [2.75, 3.05) is 19.8 Å².